The number of aromatic nitrogens is 5. The number of hydrogen-bond donors (Lipinski definition) is 0. The number of methoxy groups -OCH3 is 1. The molecule has 4 aromatic rings. The van der Waals surface area contributed by atoms with E-state index in [0.717, 1.165) is 25.9 Å². The molecule has 0 spiro atoms. The predicted octanol–water partition coefficient (Wildman–Crippen LogP) is 1.81. The van der Waals surface area contributed by atoms with Crippen LogP contribution in [0.1, 0.15) is 18.7 Å². The molecule has 2 fully saturated rings. The molecule has 0 bridgehead atoms. The SMILES string of the molecule is COC1(c2nc(-c3ncn4c3c(=O)n(CCN3CCOCC3)c3c(F)cccc34)no2)CC1. The Morgan fingerprint density at radius 1 is 1.18 bits per heavy atom. The van der Waals surface area contributed by atoms with Crippen LogP contribution >= 0.6 is 0 Å². The average molecular weight is 454 g/mol. The first-order valence-corrected chi connectivity index (χ1v) is 11.0. The van der Waals surface area contributed by atoms with Crippen molar-refractivity contribution in [1.29, 1.82) is 0 Å². The lowest BCUT2D eigenvalue weighted by Crippen LogP contribution is -2.39. The zero-order chi connectivity index (χ0) is 22.6. The Morgan fingerprint density at radius 2 is 2.00 bits per heavy atom. The van der Waals surface area contributed by atoms with E-state index in [0.29, 0.717) is 43.4 Å². The standard InChI is InChI=1S/C22H23FN6O4/c1-31-22(5-6-22)21-25-19(26-33-21)16-18-20(30)28(8-7-27-9-11-32-12-10-27)17-14(23)3-2-4-15(17)29(18)13-24-16/h2-4,13H,5-12H2,1H3. The third-order valence-corrected chi connectivity index (χ3v) is 6.58. The molecule has 172 valence electrons. The molecule has 1 aliphatic heterocycles. The molecule has 0 N–H and O–H groups in total. The molecule has 33 heavy (non-hydrogen) atoms. The van der Waals surface area contributed by atoms with Crippen molar-refractivity contribution in [3.05, 3.63) is 46.6 Å². The molecule has 1 saturated heterocycles. The summed E-state index contributed by atoms with van der Waals surface area (Å²) >= 11 is 0. The highest BCUT2D eigenvalue weighted by Gasteiger charge is 2.50. The Kier molecular flexibility index (Phi) is 4.78. The van der Waals surface area contributed by atoms with Gasteiger partial charge in [0.15, 0.2) is 0 Å². The van der Waals surface area contributed by atoms with Crippen LogP contribution < -0.4 is 5.56 Å². The van der Waals surface area contributed by atoms with Crippen LogP contribution in [0.25, 0.3) is 28.1 Å². The number of ether oxygens (including phenoxy) is 2. The average Bonchev–Trinajstić information content (AvgIpc) is 3.26. The van der Waals surface area contributed by atoms with Crippen molar-refractivity contribution in [2.24, 2.45) is 0 Å². The van der Waals surface area contributed by atoms with Gasteiger partial charge in [0.05, 0.1) is 18.7 Å². The molecular weight excluding hydrogens is 431 g/mol. The lowest BCUT2D eigenvalue weighted by Gasteiger charge is -2.27. The molecule has 11 heteroatoms. The molecule has 4 heterocycles. The fourth-order valence-electron chi connectivity index (χ4n) is 4.50. The molecular formula is C22H23FN6O4. The Labute approximate surface area is 187 Å². The smallest absolute Gasteiger partial charge is 0.277 e. The molecule has 1 aromatic carbocycles. The van der Waals surface area contributed by atoms with Crippen molar-refractivity contribution < 1.29 is 18.4 Å². The largest absolute Gasteiger partial charge is 0.379 e. The number of halogens is 1. The first-order valence-electron chi connectivity index (χ1n) is 11.0. The van der Waals surface area contributed by atoms with Gasteiger partial charge in [0.2, 0.25) is 5.82 Å². The minimum atomic E-state index is -0.547. The van der Waals surface area contributed by atoms with Gasteiger partial charge in [0.25, 0.3) is 11.4 Å². The monoisotopic (exact) mass is 454 g/mol. The second-order valence-electron chi connectivity index (χ2n) is 8.45. The van der Waals surface area contributed by atoms with Crippen LogP contribution in [0, 0.1) is 5.82 Å². The second-order valence-corrected chi connectivity index (χ2v) is 8.45. The van der Waals surface area contributed by atoms with Gasteiger partial charge in [-0.05, 0) is 25.0 Å². The lowest BCUT2D eigenvalue weighted by atomic mass is 10.2. The lowest BCUT2D eigenvalue weighted by molar-refractivity contribution is 0.0364. The van der Waals surface area contributed by atoms with Crippen LogP contribution in [0.2, 0.25) is 0 Å². The highest BCUT2D eigenvalue weighted by atomic mass is 19.1. The molecule has 6 rings (SSSR count). The fraction of sp³-hybridized carbons (Fsp3) is 0.455. The number of hydrogen-bond acceptors (Lipinski definition) is 8. The Hall–Kier alpha value is -3.15. The summed E-state index contributed by atoms with van der Waals surface area (Å²) < 4.78 is 34.4. The maximum Gasteiger partial charge on any atom is 0.277 e. The van der Waals surface area contributed by atoms with Gasteiger partial charge in [0.1, 0.15) is 34.5 Å². The summed E-state index contributed by atoms with van der Waals surface area (Å²) in [6, 6.07) is 4.75. The van der Waals surface area contributed by atoms with Gasteiger partial charge < -0.3 is 18.6 Å². The number of imidazole rings is 1. The molecule has 0 amide bonds. The van der Waals surface area contributed by atoms with Gasteiger partial charge in [-0.3, -0.25) is 14.1 Å². The summed E-state index contributed by atoms with van der Waals surface area (Å²) in [4.78, 5) is 24.8. The minimum absolute atomic E-state index is 0.211. The third-order valence-electron chi connectivity index (χ3n) is 6.58. The maximum absolute atomic E-state index is 14.9. The Morgan fingerprint density at radius 3 is 2.76 bits per heavy atom. The van der Waals surface area contributed by atoms with Crippen LogP contribution in [0.5, 0.6) is 0 Å². The van der Waals surface area contributed by atoms with E-state index in [4.69, 9.17) is 14.0 Å². The molecule has 1 saturated carbocycles. The van der Waals surface area contributed by atoms with Crippen LogP contribution in [-0.4, -0.2) is 69.0 Å². The topological polar surface area (TPSA) is 99.9 Å². The summed E-state index contributed by atoms with van der Waals surface area (Å²) in [7, 11) is 1.61. The van der Waals surface area contributed by atoms with Crippen LogP contribution in [0.4, 0.5) is 4.39 Å². The maximum atomic E-state index is 14.9. The van der Waals surface area contributed by atoms with E-state index in [2.05, 4.69) is 20.0 Å². The van der Waals surface area contributed by atoms with Crippen molar-refractivity contribution in [2.75, 3.05) is 40.0 Å². The van der Waals surface area contributed by atoms with E-state index < -0.39 is 11.4 Å². The van der Waals surface area contributed by atoms with Gasteiger partial charge in [-0.25, -0.2) is 9.37 Å². The third kappa shape index (κ3) is 3.26. The molecule has 1 aliphatic carbocycles. The number of nitrogens with zero attached hydrogens (tertiary/aromatic N) is 6. The highest BCUT2D eigenvalue weighted by molar-refractivity contribution is 5.84. The van der Waals surface area contributed by atoms with E-state index >= 15 is 0 Å². The first kappa shape index (κ1) is 20.5. The molecule has 0 unspecified atom stereocenters. The van der Waals surface area contributed by atoms with Gasteiger partial charge >= 0.3 is 0 Å². The normalized spacial score (nSPS) is 18.4. The predicted molar refractivity (Wildman–Crippen MR) is 115 cm³/mol. The fourth-order valence-corrected chi connectivity index (χ4v) is 4.50. The zero-order valence-corrected chi connectivity index (χ0v) is 18.2. The van der Waals surface area contributed by atoms with Crippen molar-refractivity contribution >= 4 is 16.6 Å². The second kappa shape index (κ2) is 7.72. The van der Waals surface area contributed by atoms with Crippen molar-refractivity contribution in [3.8, 4) is 11.5 Å². The molecule has 0 atom stereocenters. The number of morpholine rings is 1. The number of rotatable bonds is 6. The summed E-state index contributed by atoms with van der Waals surface area (Å²) in [5.41, 5.74) is 0.474. The van der Waals surface area contributed by atoms with Gasteiger partial charge in [0, 0.05) is 33.3 Å². The van der Waals surface area contributed by atoms with E-state index in [1.807, 2.05) is 0 Å². The summed E-state index contributed by atoms with van der Waals surface area (Å²) in [5, 5.41) is 4.06. The number of fused-ring (bicyclic) bond motifs is 3. The molecule has 3 aromatic heterocycles. The van der Waals surface area contributed by atoms with E-state index in [-0.39, 0.29) is 22.4 Å². The first-order chi connectivity index (χ1) is 16.1. The molecule has 10 nitrogen and oxygen atoms in total. The highest BCUT2D eigenvalue weighted by Crippen LogP contribution is 2.48. The van der Waals surface area contributed by atoms with Crippen LogP contribution in [0.3, 0.4) is 0 Å². The van der Waals surface area contributed by atoms with Gasteiger partial charge in [-0.2, -0.15) is 4.98 Å². The van der Waals surface area contributed by atoms with Crippen LogP contribution in [0.15, 0.2) is 33.8 Å². The minimum Gasteiger partial charge on any atom is -0.379 e. The van der Waals surface area contributed by atoms with E-state index in [1.165, 1.54) is 17.0 Å². The van der Waals surface area contributed by atoms with Crippen molar-refractivity contribution in [3.63, 3.8) is 0 Å². The molecule has 2 aliphatic rings. The van der Waals surface area contributed by atoms with Crippen molar-refractivity contribution in [2.45, 2.75) is 25.0 Å². The quantitative estimate of drug-likeness (QED) is 0.435. The number of benzene rings is 1. The number of para-hydroxylation sites is 1. The van der Waals surface area contributed by atoms with E-state index in [9.17, 15) is 9.18 Å². The van der Waals surface area contributed by atoms with Crippen LogP contribution in [-0.2, 0) is 21.6 Å². The van der Waals surface area contributed by atoms with Gasteiger partial charge in [-0.15, -0.1) is 0 Å². The van der Waals surface area contributed by atoms with Gasteiger partial charge in [-0.1, -0.05) is 11.2 Å². The Bertz CT molecular complexity index is 1400. The molecule has 0 radical (unpaired) electrons. The summed E-state index contributed by atoms with van der Waals surface area (Å²) in [6.07, 6.45) is 3.10. The Balaban J connectivity index is 1.49. The van der Waals surface area contributed by atoms with Crippen molar-refractivity contribution in [1.82, 2.24) is 29.0 Å². The summed E-state index contributed by atoms with van der Waals surface area (Å²) in [6.45, 7) is 3.80. The van der Waals surface area contributed by atoms with E-state index in [1.54, 1.807) is 23.6 Å². The zero-order valence-electron chi connectivity index (χ0n) is 18.2. The summed E-state index contributed by atoms with van der Waals surface area (Å²) in [5.74, 6) is 0.130.